The van der Waals surface area contributed by atoms with E-state index < -0.39 is 0 Å². The van der Waals surface area contributed by atoms with E-state index in [1.54, 1.807) is 6.20 Å². The first-order valence-corrected chi connectivity index (χ1v) is 6.78. The Morgan fingerprint density at radius 2 is 2.24 bits per heavy atom. The molecule has 0 bridgehead atoms. The zero-order valence-corrected chi connectivity index (χ0v) is 12.6. The van der Waals surface area contributed by atoms with Crippen LogP contribution in [0.3, 0.4) is 0 Å². The number of aromatic nitrogens is 1. The summed E-state index contributed by atoms with van der Waals surface area (Å²) in [5.74, 6) is -0.304. The van der Waals surface area contributed by atoms with Crippen molar-refractivity contribution in [1.29, 1.82) is 0 Å². The molecule has 90 valence electrons. The molecule has 2 aromatic rings. The molecule has 0 N–H and O–H groups in total. The van der Waals surface area contributed by atoms with E-state index in [9.17, 15) is 4.79 Å². The molecule has 4 nitrogen and oxygen atoms in total. The summed E-state index contributed by atoms with van der Waals surface area (Å²) in [6.07, 6.45) is 1.76. The monoisotopic (exact) mass is 362 g/mol. The van der Waals surface area contributed by atoms with E-state index >= 15 is 0 Å². The van der Waals surface area contributed by atoms with Gasteiger partial charge in [-0.15, -0.1) is 11.3 Å². The summed E-state index contributed by atoms with van der Waals surface area (Å²) in [4.78, 5) is 19.4. The van der Waals surface area contributed by atoms with Gasteiger partial charge in [0.1, 0.15) is 9.71 Å². The van der Waals surface area contributed by atoms with Crippen LogP contribution in [0.25, 0.3) is 10.2 Å². The Morgan fingerprint density at radius 3 is 2.82 bits per heavy atom. The van der Waals surface area contributed by atoms with Crippen molar-refractivity contribution in [3.8, 4) is 0 Å². The molecule has 0 amide bonds. The van der Waals surface area contributed by atoms with E-state index in [1.807, 2.05) is 25.1 Å². The molecule has 0 aliphatic heterocycles. The van der Waals surface area contributed by atoms with Crippen LogP contribution >= 0.6 is 33.9 Å². The number of anilines is 1. The topological polar surface area (TPSA) is 42.4 Å². The van der Waals surface area contributed by atoms with Crippen LogP contribution in [0.2, 0.25) is 0 Å². The Kier molecular flexibility index (Phi) is 3.53. The minimum absolute atomic E-state index is 0.304. The largest absolute Gasteiger partial charge is 0.465 e. The third kappa shape index (κ3) is 2.11. The number of hydrogen-bond donors (Lipinski definition) is 0. The number of fused-ring (bicyclic) bond motifs is 1. The number of rotatable bonds is 2. The van der Waals surface area contributed by atoms with E-state index in [-0.39, 0.29) is 5.97 Å². The summed E-state index contributed by atoms with van der Waals surface area (Å²) in [5, 5.41) is 1.02. The Morgan fingerprint density at radius 1 is 1.53 bits per heavy atom. The van der Waals surface area contributed by atoms with Crippen LogP contribution in [0.1, 0.15) is 9.67 Å². The van der Waals surface area contributed by atoms with Gasteiger partial charge in [0.05, 0.1) is 10.7 Å². The van der Waals surface area contributed by atoms with E-state index in [2.05, 4.69) is 27.6 Å². The van der Waals surface area contributed by atoms with Gasteiger partial charge >= 0.3 is 5.97 Å². The Hall–Kier alpha value is -0.890. The van der Waals surface area contributed by atoms with E-state index in [0.29, 0.717) is 4.88 Å². The number of esters is 1. The normalized spacial score (nSPS) is 10.6. The number of carbonyl (C=O) groups is 1. The maximum absolute atomic E-state index is 11.6. The van der Waals surface area contributed by atoms with Crippen LogP contribution in [-0.2, 0) is 4.74 Å². The van der Waals surface area contributed by atoms with Gasteiger partial charge in [0.2, 0.25) is 0 Å². The lowest BCUT2D eigenvalue weighted by Gasteiger charge is -2.13. The fourth-order valence-electron chi connectivity index (χ4n) is 1.57. The summed E-state index contributed by atoms with van der Waals surface area (Å²) >= 11 is 3.54. The summed E-state index contributed by atoms with van der Waals surface area (Å²) < 4.78 is 5.68. The molecule has 0 fully saturated rings. The number of carbonyl (C=O) groups excluding carboxylic acids is 1. The average molecular weight is 362 g/mol. The molecule has 2 rings (SSSR count). The van der Waals surface area contributed by atoms with Gasteiger partial charge in [-0.1, -0.05) is 0 Å². The Bertz CT molecular complexity index is 580. The third-order valence-electron chi connectivity index (χ3n) is 2.36. The van der Waals surface area contributed by atoms with Crippen molar-refractivity contribution in [3.05, 3.63) is 20.7 Å². The van der Waals surface area contributed by atoms with Gasteiger partial charge in [0.15, 0.2) is 0 Å². The van der Waals surface area contributed by atoms with Crippen molar-refractivity contribution in [2.75, 3.05) is 26.1 Å². The SMILES string of the molecule is COC(=O)c1sc2nccc(N(C)C)c2c1I. The van der Waals surface area contributed by atoms with Crippen LogP contribution in [0.15, 0.2) is 12.3 Å². The van der Waals surface area contributed by atoms with Gasteiger partial charge in [-0.2, -0.15) is 0 Å². The molecule has 0 spiro atoms. The van der Waals surface area contributed by atoms with Gasteiger partial charge < -0.3 is 9.64 Å². The molecule has 2 aromatic heterocycles. The lowest BCUT2D eigenvalue weighted by atomic mass is 10.2. The lowest BCUT2D eigenvalue weighted by molar-refractivity contribution is 0.0605. The first kappa shape index (κ1) is 12.6. The molecule has 2 heterocycles. The van der Waals surface area contributed by atoms with Crippen molar-refractivity contribution in [3.63, 3.8) is 0 Å². The van der Waals surface area contributed by atoms with Crippen LogP contribution in [-0.4, -0.2) is 32.2 Å². The van der Waals surface area contributed by atoms with Gasteiger partial charge in [-0.25, -0.2) is 9.78 Å². The van der Waals surface area contributed by atoms with Gasteiger partial charge in [0, 0.05) is 31.4 Å². The summed E-state index contributed by atoms with van der Waals surface area (Å²) in [6, 6.07) is 1.94. The van der Waals surface area contributed by atoms with E-state index in [1.165, 1.54) is 18.4 Å². The number of pyridine rings is 1. The highest BCUT2D eigenvalue weighted by Crippen LogP contribution is 2.36. The number of hydrogen-bond acceptors (Lipinski definition) is 5. The number of halogens is 1. The predicted molar refractivity (Wildman–Crippen MR) is 78.0 cm³/mol. The number of ether oxygens (including phenoxy) is 1. The second-order valence-corrected chi connectivity index (χ2v) is 5.72. The maximum Gasteiger partial charge on any atom is 0.349 e. The highest BCUT2D eigenvalue weighted by atomic mass is 127. The Labute approximate surface area is 117 Å². The standard InChI is InChI=1S/C11H11IN2O2S/c1-14(2)6-4-5-13-10-7(6)8(12)9(17-10)11(15)16-3/h4-5H,1-3H3. The first-order valence-electron chi connectivity index (χ1n) is 4.89. The van der Waals surface area contributed by atoms with Gasteiger partial charge in [-0.3, -0.25) is 0 Å². The summed E-state index contributed by atoms with van der Waals surface area (Å²) in [6.45, 7) is 0. The molecule has 0 aliphatic rings. The van der Waals surface area contributed by atoms with Gasteiger partial charge in [-0.05, 0) is 28.7 Å². The summed E-state index contributed by atoms with van der Waals surface area (Å²) in [7, 11) is 5.34. The van der Waals surface area contributed by atoms with E-state index in [0.717, 1.165) is 19.5 Å². The van der Waals surface area contributed by atoms with Crippen molar-refractivity contribution in [1.82, 2.24) is 4.98 Å². The van der Waals surface area contributed by atoms with Crippen molar-refractivity contribution in [2.45, 2.75) is 0 Å². The zero-order valence-electron chi connectivity index (χ0n) is 9.65. The molecule has 0 unspecified atom stereocenters. The minimum atomic E-state index is -0.304. The maximum atomic E-state index is 11.6. The van der Waals surface area contributed by atoms with Crippen LogP contribution < -0.4 is 4.90 Å². The molecular weight excluding hydrogens is 351 g/mol. The molecule has 0 aromatic carbocycles. The molecule has 0 saturated heterocycles. The van der Waals surface area contributed by atoms with Crippen molar-refractivity contribution >= 4 is 55.8 Å². The second kappa shape index (κ2) is 4.77. The molecular formula is C11H11IN2O2S. The Balaban J connectivity index is 2.74. The lowest BCUT2D eigenvalue weighted by Crippen LogP contribution is -2.09. The highest BCUT2D eigenvalue weighted by Gasteiger charge is 2.20. The quantitative estimate of drug-likeness (QED) is 0.609. The molecule has 0 atom stereocenters. The van der Waals surface area contributed by atoms with Crippen molar-refractivity contribution in [2.24, 2.45) is 0 Å². The van der Waals surface area contributed by atoms with Crippen LogP contribution in [0, 0.1) is 3.57 Å². The molecule has 0 aliphatic carbocycles. The zero-order chi connectivity index (χ0) is 12.6. The van der Waals surface area contributed by atoms with Crippen molar-refractivity contribution < 1.29 is 9.53 Å². The third-order valence-corrected chi connectivity index (χ3v) is 4.89. The molecule has 6 heteroatoms. The fourth-order valence-corrected chi connectivity index (χ4v) is 3.81. The predicted octanol–water partition coefficient (Wildman–Crippen LogP) is 2.75. The first-order chi connectivity index (χ1) is 8.06. The average Bonchev–Trinajstić information content (AvgIpc) is 2.66. The molecule has 17 heavy (non-hydrogen) atoms. The smallest absolute Gasteiger partial charge is 0.349 e. The number of nitrogens with zero attached hydrogens (tertiary/aromatic N) is 2. The number of thiophene rings is 1. The molecule has 0 radical (unpaired) electrons. The fraction of sp³-hybridized carbons (Fsp3) is 0.273. The van der Waals surface area contributed by atoms with Crippen LogP contribution in [0.4, 0.5) is 5.69 Å². The van der Waals surface area contributed by atoms with E-state index in [4.69, 9.17) is 4.74 Å². The molecule has 0 saturated carbocycles. The van der Waals surface area contributed by atoms with Gasteiger partial charge in [0.25, 0.3) is 0 Å². The number of methoxy groups -OCH3 is 1. The van der Waals surface area contributed by atoms with Crippen LogP contribution in [0.5, 0.6) is 0 Å². The second-order valence-electron chi connectivity index (χ2n) is 3.64. The minimum Gasteiger partial charge on any atom is -0.465 e. The summed E-state index contributed by atoms with van der Waals surface area (Å²) in [5.41, 5.74) is 1.06. The highest BCUT2D eigenvalue weighted by molar-refractivity contribution is 14.1.